The zero-order valence-electron chi connectivity index (χ0n) is 15.8. The minimum Gasteiger partial charge on any atom is -0.478 e. The first-order valence-corrected chi connectivity index (χ1v) is 9.06. The molecule has 3 N–H and O–H groups in total. The van der Waals surface area contributed by atoms with Crippen LogP contribution in [-0.2, 0) is 0 Å². The van der Waals surface area contributed by atoms with E-state index in [0.717, 1.165) is 6.07 Å². The molecule has 0 radical (unpaired) electrons. The average Bonchev–Trinajstić information content (AvgIpc) is 3.24. The number of nitrogens with one attached hydrogen (secondary N) is 2. The summed E-state index contributed by atoms with van der Waals surface area (Å²) in [4.78, 5) is 35.8. The van der Waals surface area contributed by atoms with E-state index in [1.165, 1.54) is 42.5 Å². The van der Waals surface area contributed by atoms with Crippen LogP contribution in [-0.4, -0.2) is 29.7 Å². The molecule has 4 rings (SSSR count). The van der Waals surface area contributed by atoms with Crippen molar-refractivity contribution in [2.24, 2.45) is 0 Å². The summed E-state index contributed by atoms with van der Waals surface area (Å²) in [6.07, 6.45) is 0. The lowest BCUT2D eigenvalue weighted by Crippen LogP contribution is -2.15. The van der Waals surface area contributed by atoms with Crippen LogP contribution < -0.4 is 20.1 Å². The minimum absolute atomic E-state index is 0.0240. The first-order chi connectivity index (χ1) is 14.9. The third-order valence-electron chi connectivity index (χ3n) is 4.50. The number of hydrogen-bond acceptors (Lipinski definition) is 5. The molecular formula is C22H15FN2O6. The van der Waals surface area contributed by atoms with Gasteiger partial charge in [-0.05, 0) is 60.7 Å². The molecule has 2 amide bonds. The standard InChI is InChI=1S/C22H15FN2O6/c23-16-7-6-15(24-21(27)14-5-8-18-19(9-14)31-11-30-18)10-17(16)25-20(26)12-1-3-13(4-2-12)22(28)29/h1-10H,11H2,(H,24,27)(H,25,26)(H,28,29). The second-order valence-electron chi connectivity index (χ2n) is 6.55. The summed E-state index contributed by atoms with van der Waals surface area (Å²) in [7, 11) is 0. The summed E-state index contributed by atoms with van der Waals surface area (Å²) in [5.41, 5.74) is 0.615. The van der Waals surface area contributed by atoms with Gasteiger partial charge in [-0.15, -0.1) is 0 Å². The van der Waals surface area contributed by atoms with Crippen LogP contribution in [0.2, 0.25) is 0 Å². The summed E-state index contributed by atoms with van der Waals surface area (Å²) in [5.74, 6) is -1.91. The van der Waals surface area contributed by atoms with Gasteiger partial charge in [-0.2, -0.15) is 0 Å². The summed E-state index contributed by atoms with van der Waals surface area (Å²) in [6, 6.07) is 13.7. The van der Waals surface area contributed by atoms with Gasteiger partial charge in [0.25, 0.3) is 11.8 Å². The van der Waals surface area contributed by atoms with Gasteiger partial charge in [0, 0.05) is 16.8 Å². The highest BCUT2D eigenvalue weighted by atomic mass is 19.1. The Kier molecular flexibility index (Phi) is 5.23. The molecule has 0 fully saturated rings. The van der Waals surface area contributed by atoms with Crippen LogP contribution >= 0.6 is 0 Å². The van der Waals surface area contributed by atoms with E-state index in [9.17, 15) is 18.8 Å². The van der Waals surface area contributed by atoms with E-state index in [1.807, 2.05) is 0 Å². The summed E-state index contributed by atoms with van der Waals surface area (Å²) in [6.45, 7) is 0.0838. The SMILES string of the molecule is O=C(O)c1ccc(C(=O)Nc2cc(NC(=O)c3ccc4c(c3)OCO4)ccc2F)cc1. The Morgan fingerprint density at radius 2 is 1.42 bits per heavy atom. The zero-order chi connectivity index (χ0) is 22.0. The van der Waals surface area contributed by atoms with Crippen LogP contribution in [0.1, 0.15) is 31.1 Å². The Balaban J connectivity index is 1.48. The van der Waals surface area contributed by atoms with E-state index in [2.05, 4.69) is 10.6 Å². The molecule has 1 heterocycles. The number of ether oxygens (including phenoxy) is 2. The number of halogens is 1. The molecule has 0 atom stereocenters. The molecule has 0 aliphatic carbocycles. The lowest BCUT2D eigenvalue weighted by Gasteiger charge is -2.10. The van der Waals surface area contributed by atoms with Gasteiger partial charge in [0.1, 0.15) is 5.82 Å². The van der Waals surface area contributed by atoms with Gasteiger partial charge in [0.2, 0.25) is 6.79 Å². The number of hydrogen-bond donors (Lipinski definition) is 3. The highest BCUT2D eigenvalue weighted by molar-refractivity contribution is 6.07. The first kappa shape index (κ1) is 19.9. The number of anilines is 2. The maximum atomic E-state index is 14.2. The highest BCUT2D eigenvalue weighted by Crippen LogP contribution is 2.32. The maximum absolute atomic E-state index is 14.2. The normalized spacial score (nSPS) is 11.6. The summed E-state index contributed by atoms with van der Waals surface area (Å²) >= 11 is 0. The van der Waals surface area contributed by atoms with Crippen molar-refractivity contribution in [3.8, 4) is 11.5 Å². The fourth-order valence-corrected chi connectivity index (χ4v) is 2.90. The predicted octanol–water partition coefficient (Wildman–Crippen LogP) is 3.76. The van der Waals surface area contributed by atoms with E-state index in [1.54, 1.807) is 12.1 Å². The molecular weight excluding hydrogens is 407 g/mol. The van der Waals surface area contributed by atoms with Crippen LogP contribution in [0.25, 0.3) is 0 Å². The van der Waals surface area contributed by atoms with Gasteiger partial charge in [-0.25, -0.2) is 9.18 Å². The second kappa shape index (κ2) is 8.15. The van der Waals surface area contributed by atoms with E-state index >= 15 is 0 Å². The van der Waals surface area contributed by atoms with Crippen LogP contribution in [0.4, 0.5) is 15.8 Å². The molecule has 0 bridgehead atoms. The van der Waals surface area contributed by atoms with Crippen molar-refractivity contribution < 1.29 is 33.4 Å². The lowest BCUT2D eigenvalue weighted by molar-refractivity contribution is 0.0696. The monoisotopic (exact) mass is 422 g/mol. The smallest absolute Gasteiger partial charge is 0.335 e. The summed E-state index contributed by atoms with van der Waals surface area (Å²) < 4.78 is 24.6. The van der Waals surface area contributed by atoms with Gasteiger partial charge in [0.05, 0.1) is 11.3 Å². The number of rotatable bonds is 5. The van der Waals surface area contributed by atoms with Crippen molar-refractivity contribution in [1.82, 2.24) is 0 Å². The zero-order valence-corrected chi connectivity index (χ0v) is 15.8. The highest BCUT2D eigenvalue weighted by Gasteiger charge is 2.17. The van der Waals surface area contributed by atoms with Gasteiger partial charge in [-0.3, -0.25) is 9.59 Å². The molecule has 156 valence electrons. The van der Waals surface area contributed by atoms with Crippen LogP contribution in [0.5, 0.6) is 11.5 Å². The van der Waals surface area contributed by atoms with Crippen LogP contribution in [0.3, 0.4) is 0 Å². The quantitative estimate of drug-likeness (QED) is 0.577. The number of carboxylic acids is 1. The largest absolute Gasteiger partial charge is 0.478 e. The number of amides is 2. The second-order valence-corrected chi connectivity index (χ2v) is 6.55. The molecule has 9 heteroatoms. The fourth-order valence-electron chi connectivity index (χ4n) is 2.90. The molecule has 8 nitrogen and oxygen atoms in total. The number of aromatic carboxylic acids is 1. The van der Waals surface area contributed by atoms with Gasteiger partial charge in [0.15, 0.2) is 11.5 Å². The Morgan fingerprint density at radius 3 is 2.16 bits per heavy atom. The minimum atomic E-state index is -1.12. The number of carbonyl (C=O) groups is 3. The number of carbonyl (C=O) groups excluding carboxylic acids is 2. The molecule has 0 saturated heterocycles. The molecule has 0 aromatic heterocycles. The van der Waals surface area contributed by atoms with Crippen molar-refractivity contribution in [3.05, 3.63) is 83.2 Å². The van der Waals surface area contributed by atoms with Gasteiger partial charge < -0.3 is 25.2 Å². The average molecular weight is 422 g/mol. The van der Waals surface area contributed by atoms with Gasteiger partial charge >= 0.3 is 5.97 Å². The van der Waals surface area contributed by atoms with Crippen molar-refractivity contribution in [1.29, 1.82) is 0 Å². The van der Waals surface area contributed by atoms with Crippen LogP contribution in [0.15, 0.2) is 60.7 Å². The molecule has 0 saturated carbocycles. The first-order valence-electron chi connectivity index (χ1n) is 9.06. The van der Waals surface area contributed by atoms with E-state index in [0.29, 0.717) is 17.1 Å². The van der Waals surface area contributed by atoms with Crippen molar-refractivity contribution in [3.63, 3.8) is 0 Å². The number of fused-ring (bicyclic) bond motifs is 1. The van der Waals surface area contributed by atoms with Crippen LogP contribution in [0, 0.1) is 5.82 Å². The molecule has 0 spiro atoms. The maximum Gasteiger partial charge on any atom is 0.335 e. The molecule has 3 aromatic rings. The fraction of sp³-hybridized carbons (Fsp3) is 0.0455. The number of carboxylic acid groups (broad SMARTS) is 1. The van der Waals surface area contributed by atoms with Crippen molar-refractivity contribution >= 4 is 29.2 Å². The predicted molar refractivity (Wildman–Crippen MR) is 108 cm³/mol. The third kappa shape index (κ3) is 4.30. The Hall–Kier alpha value is -4.40. The Bertz CT molecular complexity index is 1190. The molecule has 1 aliphatic heterocycles. The van der Waals surface area contributed by atoms with E-state index in [4.69, 9.17) is 14.6 Å². The molecule has 3 aromatic carbocycles. The summed E-state index contributed by atoms with van der Waals surface area (Å²) in [5, 5.41) is 14.0. The molecule has 31 heavy (non-hydrogen) atoms. The lowest BCUT2D eigenvalue weighted by atomic mass is 10.1. The van der Waals surface area contributed by atoms with Crippen molar-refractivity contribution in [2.75, 3.05) is 17.4 Å². The topological polar surface area (TPSA) is 114 Å². The van der Waals surface area contributed by atoms with Gasteiger partial charge in [-0.1, -0.05) is 0 Å². The molecule has 1 aliphatic rings. The Morgan fingerprint density at radius 1 is 0.774 bits per heavy atom. The van der Waals surface area contributed by atoms with E-state index < -0.39 is 23.6 Å². The van der Waals surface area contributed by atoms with Crippen molar-refractivity contribution in [2.45, 2.75) is 0 Å². The Labute approximate surface area is 175 Å². The van der Waals surface area contributed by atoms with E-state index in [-0.39, 0.29) is 29.3 Å². The number of benzene rings is 3. The third-order valence-corrected chi connectivity index (χ3v) is 4.50. The molecule has 0 unspecified atom stereocenters.